The molecule has 0 fully saturated rings. The first kappa shape index (κ1) is 10.8. The summed E-state index contributed by atoms with van der Waals surface area (Å²) in [4.78, 5) is 17.9. The number of benzene rings is 1. The highest BCUT2D eigenvalue weighted by Gasteiger charge is 2.11. The molecule has 0 aromatic heterocycles. The topological polar surface area (TPSA) is 67.8 Å². The molecule has 0 bridgehead atoms. The maximum absolute atomic E-state index is 11.2. The zero-order chi connectivity index (χ0) is 10.4. The summed E-state index contributed by atoms with van der Waals surface area (Å²) in [5, 5.41) is 9.28. The number of nitrogens with one attached hydrogen (secondary N) is 1. The van der Waals surface area contributed by atoms with Crippen molar-refractivity contribution in [3.05, 3.63) is 29.8 Å². The SMILES string of the molecule is CONSOC(=O)c1ccccc1O. The van der Waals surface area contributed by atoms with E-state index >= 15 is 0 Å². The van der Waals surface area contributed by atoms with Gasteiger partial charge in [-0.05, 0) is 12.1 Å². The Labute approximate surface area is 85.3 Å². The van der Waals surface area contributed by atoms with Crippen molar-refractivity contribution in [3.8, 4) is 5.75 Å². The Hall–Kier alpha value is -1.24. The average molecular weight is 215 g/mol. The van der Waals surface area contributed by atoms with Crippen LogP contribution in [0.15, 0.2) is 24.3 Å². The lowest BCUT2D eigenvalue weighted by Crippen LogP contribution is -2.06. The smallest absolute Gasteiger partial charge is 0.355 e. The molecule has 0 radical (unpaired) electrons. The Bertz CT molecular complexity index is 318. The van der Waals surface area contributed by atoms with Crippen LogP contribution >= 0.6 is 12.2 Å². The summed E-state index contributed by atoms with van der Waals surface area (Å²) < 4.78 is 4.63. The summed E-state index contributed by atoms with van der Waals surface area (Å²) >= 11 is 0.632. The second kappa shape index (κ2) is 5.48. The Morgan fingerprint density at radius 2 is 2.21 bits per heavy atom. The molecule has 0 heterocycles. The molecule has 0 aliphatic rings. The largest absolute Gasteiger partial charge is 0.507 e. The molecule has 14 heavy (non-hydrogen) atoms. The van der Waals surface area contributed by atoms with Crippen LogP contribution in [0.3, 0.4) is 0 Å². The van der Waals surface area contributed by atoms with Crippen molar-refractivity contribution >= 4 is 18.2 Å². The predicted octanol–water partition coefficient (Wildman–Crippen LogP) is 1.26. The van der Waals surface area contributed by atoms with Gasteiger partial charge in [-0.3, -0.25) is 4.84 Å². The van der Waals surface area contributed by atoms with Gasteiger partial charge in [0.2, 0.25) is 0 Å². The van der Waals surface area contributed by atoms with Crippen LogP contribution in [0.5, 0.6) is 5.75 Å². The summed E-state index contributed by atoms with van der Waals surface area (Å²) in [7, 11) is 1.39. The Kier molecular flexibility index (Phi) is 4.24. The summed E-state index contributed by atoms with van der Waals surface area (Å²) in [5.41, 5.74) is 0.109. The Balaban J connectivity index is 2.56. The van der Waals surface area contributed by atoms with Gasteiger partial charge in [-0.2, -0.15) is 0 Å². The highest BCUT2D eigenvalue weighted by Crippen LogP contribution is 2.17. The summed E-state index contributed by atoms with van der Waals surface area (Å²) in [6.07, 6.45) is 0. The van der Waals surface area contributed by atoms with Crippen molar-refractivity contribution < 1.29 is 18.9 Å². The van der Waals surface area contributed by atoms with E-state index in [2.05, 4.69) is 13.9 Å². The van der Waals surface area contributed by atoms with Crippen LogP contribution in [-0.2, 0) is 9.02 Å². The van der Waals surface area contributed by atoms with Crippen molar-refractivity contribution in [1.82, 2.24) is 4.89 Å². The van der Waals surface area contributed by atoms with E-state index in [1.807, 2.05) is 0 Å². The minimum absolute atomic E-state index is 0.109. The van der Waals surface area contributed by atoms with Gasteiger partial charge in [0.1, 0.15) is 11.3 Å². The second-order valence-electron chi connectivity index (χ2n) is 2.26. The lowest BCUT2D eigenvalue weighted by Gasteiger charge is -2.03. The van der Waals surface area contributed by atoms with E-state index in [0.717, 1.165) is 0 Å². The standard InChI is InChI=1S/C8H9NO4S/c1-12-9-14-13-8(11)6-4-2-3-5-7(6)10/h2-5,9-10H,1H3. The number of carbonyl (C=O) groups excluding carboxylic acids is 1. The molecule has 5 nitrogen and oxygen atoms in total. The molecule has 0 spiro atoms. The van der Waals surface area contributed by atoms with E-state index in [-0.39, 0.29) is 11.3 Å². The molecule has 1 rings (SSSR count). The normalized spacial score (nSPS) is 9.79. The van der Waals surface area contributed by atoms with Gasteiger partial charge in [0.25, 0.3) is 0 Å². The molecule has 1 aromatic rings. The van der Waals surface area contributed by atoms with E-state index in [1.165, 1.54) is 19.2 Å². The van der Waals surface area contributed by atoms with Gasteiger partial charge in [0.05, 0.1) is 7.11 Å². The average Bonchev–Trinajstić information content (AvgIpc) is 2.18. The molecule has 0 aliphatic heterocycles. The van der Waals surface area contributed by atoms with Crippen LogP contribution in [0.4, 0.5) is 0 Å². The molecule has 0 unspecified atom stereocenters. The van der Waals surface area contributed by atoms with Crippen LogP contribution in [0.1, 0.15) is 10.4 Å². The summed E-state index contributed by atoms with van der Waals surface area (Å²) in [6.45, 7) is 0. The fourth-order valence-electron chi connectivity index (χ4n) is 0.780. The number of hydrogen-bond acceptors (Lipinski definition) is 6. The number of phenols is 1. The molecule has 0 aliphatic carbocycles. The van der Waals surface area contributed by atoms with Gasteiger partial charge in [-0.25, -0.2) is 4.79 Å². The molecule has 0 amide bonds. The number of carbonyl (C=O) groups is 1. The Morgan fingerprint density at radius 1 is 1.50 bits per heavy atom. The van der Waals surface area contributed by atoms with Crippen molar-refractivity contribution in [2.75, 3.05) is 7.11 Å². The fourth-order valence-corrected chi connectivity index (χ4v) is 1.05. The van der Waals surface area contributed by atoms with Crippen LogP contribution in [0.2, 0.25) is 0 Å². The van der Waals surface area contributed by atoms with Crippen LogP contribution in [0.25, 0.3) is 0 Å². The van der Waals surface area contributed by atoms with E-state index in [9.17, 15) is 9.90 Å². The molecule has 0 saturated carbocycles. The maximum Gasteiger partial charge on any atom is 0.355 e. The van der Waals surface area contributed by atoms with E-state index in [4.69, 9.17) is 0 Å². The monoisotopic (exact) mass is 215 g/mol. The molecular formula is C8H9NO4S. The number of rotatable bonds is 4. The van der Waals surface area contributed by atoms with Gasteiger partial charge in [0.15, 0.2) is 12.2 Å². The van der Waals surface area contributed by atoms with E-state index in [0.29, 0.717) is 12.2 Å². The summed E-state index contributed by atoms with van der Waals surface area (Å²) in [6, 6.07) is 6.12. The zero-order valence-electron chi connectivity index (χ0n) is 7.39. The molecule has 6 heteroatoms. The fraction of sp³-hybridized carbons (Fsp3) is 0.125. The number of aromatic hydroxyl groups is 1. The van der Waals surface area contributed by atoms with Crippen molar-refractivity contribution in [2.24, 2.45) is 0 Å². The number of phenolic OH excluding ortho intramolecular Hbond substituents is 1. The molecule has 1 aromatic carbocycles. The van der Waals surface area contributed by atoms with Crippen LogP contribution in [-0.4, -0.2) is 18.2 Å². The second-order valence-corrected chi connectivity index (χ2v) is 2.76. The Morgan fingerprint density at radius 3 is 2.86 bits per heavy atom. The highest BCUT2D eigenvalue weighted by molar-refractivity contribution is 7.92. The maximum atomic E-state index is 11.2. The highest BCUT2D eigenvalue weighted by atomic mass is 32.2. The van der Waals surface area contributed by atoms with Crippen LogP contribution < -0.4 is 4.89 Å². The minimum Gasteiger partial charge on any atom is -0.507 e. The lowest BCUT2D eigenvalue weighted by atomic mass is 10.2. The number of para-hydroxylation sites is 1. The van der Waals surface area contributed by atoms with Gasteiger partial charge in [0, 0.05) is 0 Å². The molecule has 0 atom stereocenters. The van der Waals surface area contributed by atoms with Gasteiger partial charge in [-0.15, -0.1) is 4.89 Å². The molecule has 0 saturated heterocycles. The third-order valence-corrected chi connectivity index (χ3v) is 1.83. The lowest BCUT2D eigenvalue weighted by molar-refractivity contribution is 0.0746. The van der Waals surface area contributed by atoms with E-state index in [1.54, 1.807) is 12.1 Å². The van der Waals surface area contributed by atoms with E-state index < -0.39 is 5.97 Å². The zero-order valence-corrected chi connectivity index (χ0v) is 8.21. The summed E-state index contributed by atoms with van der Waals surface area (Å²) in [5.74, 6) is -0.756. The number of hydrogen-bond donors (Lipinski definition) is 2. The predicted molar refractivity (Wildman–Crippen MR) is 51.3 cm³/mol. The van der Waals surface area contributed by atoms with Gasteiger partial charge in [-0.1, -0.05) is 12.1 Å². The first-order valence-corrected chi connectivity index (χ1v) is 4.43. The van der Waals surface area contributed by atoms with Gasteiger partial charge >= 0.3 is 5.97 Å². The van der Waals surface area contributed by atoms with Crippen LogP contribution in [0, 0.1) is 0 Å². The molecule has 2 N–H and O–H groups in total. The third kappa shape index (κ3) is 2.91. The third-order valence-electron chi connectivity index (χ3n) is 1.36. The quantitative estimate of drug-likeness (QED) is 0.341. The van der Waals surface area contributed by atoms with Crippen molar-refractivity contribution in [1.29, 1.82) is 0 Å². The minimum atomic E-state index is -0.641. The van der Waals surface area contributed by atoms with Crippen molar-refractivity contribution in [3.63, 3.8) is 0 Å². The first-order chi connectivity index (χ1) is 6.75. The van der Waals surface area contributed by atoms with Crippen molar-refractivity contribution in [2.45, 2.75) is 0 Å². The van der Waals surface area contributed by atoms with Gasteiger partial charge < -0.3 is 9.29 Å². The molecular weight excluding hydrogens is 206 g/mol. The first-order valence-electron chi connectivity index (χ1n) is 3.69. The molecule has 76 valence electrons.